The molecule has 14 heteroatoms. The highest BCUT2D eigenvalue weighted by Gasteiger charge is 2.20. The van der Waals surface area contributed by atoms with E-state index in [9.17, 15) is 9.59 Å². The van der Waals surface area contributed by atoms with Gasteiger partial charge in [-0.25, -0.2) is 0 Å². The van der Waals surface area contributed by atoms with E-state index in [2.05, 4.69) is 9.80 Å². The molecular formula is C31H46Cl2N2O8S2. The topological polar surface area (TPSA) is 96.0 Å². The van der Waals surface area contributed by atoms with Crippen LogP contribution in [0, 0.1) is 0 Å². The standard InChI is InChI=1S/C31H44N2O8S2.2ClH/c1-36-24-18-22(19-25(37-2)28(24)40-5)30(34)42-16-8-12-32-10-7-11-33(15-14-32)13-9-17-43-31(35)23-20-26(38-3)29(41-6)27(21-23)39-4;;/h18-21H,7-17H2,1-6H3;2*1H. The summed E-state index contributed by atoms with van der Waals surface area (Å²) in [6, 6.07) is 6.79. The van der Waals surface area contributed by atoms with E-state index >= 15 is 0 Å². The molecule has 45 heavy (non-hydrogen) atoms. The number of halogens is 2. The first kappa shape index (κ1) is 40.8. The van der Waals surface area contributed by atoms with Gasteiger partial charge < -0.3 is 38.2 Å². The molecule has 1 heterocycles. The Balaban J connectivity index is 0.00000506. The predicted octanol–water partition coefficient (Wildman–Crippen LogP) is 5.82. The summed E-state index contributed by atoms with van der Waals surface area (Å²) in [7, 11) is 9.26. The molecule has 10 nitrogen and oxygen atoms in total. The van der Waals surface area contributed by atoms with Crippen molar-refractivity contribution < 1.29 is 38.0 Å². The molecule has 0 spiro atoms. The van der Waals surface area contributed by atoms with Crippen LogP contribution in [-0.2, 0) is 0 Å². The maximum atomic E-state index is 12.8. The van der Waals surface area contributed by atoms with Crippen LogP contribution in [0.15, 0.2) is 24.3 Å². The molecule has 0 saturated carbocycles. The van der Waals surface area contributed by atoms with Crippen molar-refractivity contribution in [2.24, 2.45) is 0 Å². The van der Waals surface area contributed by atoms with Crippen LogP contribution in [0.25, 0.3) is 0 Å². The third-order valence-corrected chi connectivity index (χ3v) is 9.17. The number of rotatable bonds is 16. The molecule has 0 unspecified atom stereocenters. The molecule has 1 saturated heterocycles. The molecule has 2 aromatic carbocycles. The average molecular weight is 710 g/mol. The molecule has 1 fully saturated rings. The fraction of sp³-hybridized carbons (Fsp3) is 0.548. The quantitative estimate of drug-likeness (QED) is 0.197. The summed E-state index contributed by atoms with van der Waals surface area (Å²) in [5, 5.41) is -0.0224. The minimum atomic E-state index is -0.0112. The van der Waals surface area contributed by atoms with Crippen LogP contribution in [0.2, 0.25) is 0 Å². The third-order valence-electron chi connectivity index (χ3n) is 7.19. The van der Waals surface area contributed by atoms with Gasteiger partial charge in [0.15, 0.2) is 23.0 Å². The maximum Gasteiger partial charge on any atom is 0.219 e. The fourth-order valence-electron chi connectivity index (χ4n) is 4.94. The number of thioether (sulfide) groups is 2. The number of benzene rings is 2. The molecule has 0 bridgehead atoms. The third kappa shape index (κ3) is 11.8. The van der Waals surface area contributed by atoms with Gasteiger partial charge in [-0.15, -0.1) is 24.8 Å². The largest absolute Gasteiger partial charge is 0.493 e. The SMILES string of the molecule is COc1cc(C(=O)SCCCN2CCCN(CCCSC(=O)c3cc(OC)c(OC)c(OC)c3)CC2)cc(OC)c1OC.Cl.Cl. The van der Waals surface area contributed by atoms with E-state index in [0.717, 1.165) is 70.0 Å². The smallest absolute Gasteiger partial charge is 0.219 e. The normalized spacial score (nSPS) is 13.5. The zero-order chi connectivity index (χ0) is 31.2. The number of carbonyl (C=O) groups excluding carboxylic acids is 2. The summed E-state index contributed by atoms with van der Waals surface area (Å²) in [5.41, 5.74) is 1.07. The lowest BCUT2D eigenvalue weighted by atomic mass is 10.2. The lowest BCUT2D eigenvalue weighted by molar-refractivity contribution is 0.108. The Hall–Kier alpha value is -2.22. The van der Waals surface area contributed by atoms with Gasteiger partial charge in [-0.05, 0) is 69.7 Å². The first-order chi connectivity index (χ1) is 20.9. The molecule has 0 radical (unpaired) electrons. The van der Waals surface area contributed by atoms with Crippen LogP contribution in [0.5, 0.6) is 34.5 Å². The number of carbonyl (C=O) groups is 2. The summed E-state index contributed by atoms with van der Waals surface area (Å²) in [6.07, 6.45) is 2.97. The second kappa shape index (κ2) is 21.6. The van der Waals surface area contributed by atoms with Crippen molar-refractivity contribution in [3.63, 3.8) is 0 Å². The van der Waals surface area contributed by atoms with Crippen LogP contribution in [0.3, 0.4) is 0 Å². The summed E-state index contributed by atoms with van der Waals surface area (Å²) < 4.78 is 32.2. The fourth-order valence-corrected chi connectivity index (χ4v) is 6.43. The van der Waals surface area contributed by atoms with Gasteiger partial charge in [-0.3, -0.25) is 9.59 Å². The second-order valence-corrected chi connectivity index (χ2v) is 12.0. The Morgan fingerprint density at radius 2 is 0.911 bits per heavy atom. The van der Waals surface area contributed by atoms with Crippen LogP contribution in [0.4, 0.5) is 0 Å². The zero-order valence-corrected chi connectivity index (χ0v) is 30.1. The summed E-state index contributed by atoms with van der Waals surface area (Å²) in [5.74, 6) is 4.34. The maximum absolute atomic E-state index is 12.8. The highest BCUT2D eigenvalue weighted by Crippen LogP contribution is 2.40. The van der Waals surface area contributed by atoms with Gasteiger partial charge in [-0.2, -0.15) is 0 Å². The Labute approximate surface area is 287 Å². The minimum absolute atomic E-state index is 0. The molecule has 0 N–H and O–H groups in total. The molecule has 0 atom stereocenters. The number of ether oxygens (including phenoxy) is 6. The first-order valence-corrected chi connectivity index (χ1v) is 16.2. The van der Waals surface area contributed by atoms with Gasteiger partial charge in [0, 0.05) is 35.7 Å². The van der Waals surface area contributed by atoms with Gasteiger partial charge in [0.1, 0.15) is 0 Å². The molecule has 1 aliphatic heterocycles. The molecule has 254 valence electrons. The van der Waals surface area contributed by atoms with Crippen molar-refractivity contribution in [2.75, 3.05) is 93.4 Å². The highest BCUT2D eigenvalue weighted by atomic mass is 35.5. The van der Waals surface area contributed by atoms with Crippen LogP contribution >= 0.6 is 48.3 Å². The van der Waals surface area contributed by atoms with Crippen molar-refractivity contribution in [3.05, 3.63) is 35.4 Å². The lowest BCUT2D eigenvalue weighted by Gasteiger charge is -2.21. The summed E-state index contributed by atoms with van der Waals surface area (Å²) in [4.78, 5) is 30.6. The van der Waals surface area contributed by atoms with Crippen LogP contribution in [-0.4, -0.2) is 113 Å². The minimum Gasteiger partial charge on any atom is -0.493 e. The monoisotopic (exact) mass is 708 g/mol. The van der Waals surface area contributed by atoms with E-state index in [1.54, 1.807) is 66.9 Å². The zero-order valence-electron chi connectivity index (χ0n) is 26.9. The van der Waals surface area contributed by atoms with Gasteiger partial charge in [0.2, 0.25) is 21.7 Å². The van der Waals surface area contributed by atoms with E-state index < -0.39 is 0 Å². The van der Waals surface area contributed by atoms with E-state index in [-0.39, 0.29) is 35.0 Å². The van der Waals surface area contributed by atoms with Gasteiger partial charge in [0.05, 0.1) is 42.7 Å². The molecule has 2 aromatic rings. The summed E-state index contributed by atoms with van der Waals surface area (Å²) in [6.45, 7) is 6.03. The van der Waals surface area contributed by atoms with E-state index in [4.69, 9.17) is 28.4 Å². The van der Waals surface area contributed by atoms with Gasteiger partial charge in [-0.1, -0.05) is 23.5 Å². The predicted molar refractivity (Wildman–Crippen MR) is 187 cm³/mol. The van der Waals surface area contributed by atoms with Crippen molar-refractivity contribution in [2.45, 2.75) is 19.3 Å². The molecule has 0 aromatic heterocycles. The van der Waals surface area contributed by atoms with Gasteiger partial charge in [0.25, 0.3) is 0 Å². The Morgan fingerprint density at radius 1 is 0.578 bits per heavy atom. The van der Waals surface area contributed by atoms with Crippen molar-refractivity contribution >= 4 is 58.6 Å². The number of hydrogen-bond donors (Lipinski definition) is 0. The molecular weight excluding hydrogens is 663 g/mol. The van der Waals surface area contributed by atoms with Crippen molar-refractivity contribution in [1.29, 1.82) is 0 Å². The molecule has 3 rings (SSSR count). The van der Waals surface area contributed by atoms with E-state index in [1.165, 1.54) is 23.5 Å². The Morgan fingerprint density at radius 3 is 1.20 bits per heavy atom. The van der Waals surface area contributed by atoms with Crippen molar-refractivity contribution in [1.82, 2.24) is 9.80 Å². The van der Waals surface area contributed by atoms with Crippen molar-refractivity contribution in [3.8, 4) is 34.5 Å². The van der Waals surface area contributed by atoms with E-state index in [1.807, 2.05) is 0 Å². The second-order valence-electron chi connectivity index (χ2n) is 9.84. The Kier molecular flexibility index (Phi) is 19.5. The molecule has 0 amide bonds. The highest BCUT2D eigenvalue weighted by molar-refractivity contribution is 8.14. The van der Waals surface area contributed by atoms with E-state index in [0.29, 0.717) is 45.6 Å². The molecule has 1 aliphatic rings. The van der Waals surface area contributed by atoms with Crippen LogP contribution in [0.1, 0.15) is 40.0 Å². The average Bonchev–Trinajstić information content (AvgIpc) is 3.28. The lowest BCUT2D eigenvalue weighted by Crippen LogP contribution is -2.32. The summed E-state index contributed by atoms with van der Waals surface area (Å²) >= 11 is 2.64. The Bertz CT molecular complexity index is 1080. The van der Waals surface area contributed by atoms with Gasteiger partial charge >= 0.3 is 0 Å². The molecule has 0 aliphatic carbocycles. The van der Waals surface area contributed by atoms with Crippen LogP contribution < -0.4 is 28.4 Å². The number of hydrogen-bond acceptors (Lipinski definition) is 12. The number of methoxy groups -OCH3 is 6. The first-order valence-electron chi connectivity index (χ1n) is 14.3. The number of nitrogens with zero attached hydrogens (tertiary/aromatic N) is 2.